The van der Waals surface area contributed by atoms with Crippen LogP contribution < -0.4 is 10.6 Å². The first-order chi connectivity index (χ1) is 9.33. The maximum Gasteiger partial charge on any atom is 0.413 e. The van der Waals surface area contributed by atoms with Crippen LogP contribution in [0.2, 0.25) is 0 Å². The molecular formula is C14H23N3O2S. The molecule has 1 aliphatic heterocycles. The van der Waals surface area contributed by atoms with Gasteiger partial charge >= 0.3 is 6.09 Å². The zero-order valence-corrected chi connectivity index (χ0v) is 13.4. The second kappa shape index (κ2) is 6.10. The SMILES string of the molecule is Cc1nc(NC(=O)OC(C)(C)C)sc1CC1CCCN1. The summed E-state index contributed by atoms with van der Waals surface area (Å²) in [6.45, 7) is 8.62. The Labute approximate surface area is 124 Å². The summed E-state index contributed by atoms with van der Waals surface area (Å²) in [4.78, 5) is 17.3. The van der Waals surface area contributed by atoms with Gasteiger partial charge in [-0.15, -0.1) is 11.3 Å². The zero-order chi connectivity index (χ0) is 14.8. The maximum absolute atomic E-state index is 11.7. The third-order valence-corrected chi connectivity index (χ3v) is 4.19. The van der Waals surface area contributed by atoms with Gasteiger partial charge in [-0.3, -0.25) is 5.32 Å². The van der Waals surface area contributed by atoms with E-state index in [0.717, 1.165) is 18.7 Å². The quantitative estimate of drug-likeness (QED) is 0.900. The fourth-order valence-corrected chi connectivity index (χ4v) is 3.24. The van der Waals surface area contributed by atoms with E-state index in [-0.39, 0.29) is 0 Å². The molecule has 5 nitrogen and oxygen atoms in total. The summed E-state index contributed by atoms with van der Waals surface area (Å²) in [6.07, 6.45) is 2.99. The highest BCUT2D eigenvalue weighted by Gasteiger charge is 2.20. The van der Waals surface area contributed by atoms with E-state index in [1.807, 2.05) is 27.7 Å². The van der Waals surface area contributed by atoms with Crippen molar-refractivity contribution in [3.05, 3.63) is 10.6 Å². The second-order valence-electron chi connectivity index (χ2n) is 6.15. The van der Waals surface area contributed by atoms with Gasteiger partial charge in [0.25, 0.3) is 0 Å². The lowest BCUT2D eigenvalue weighted by molar-refractivity contribution is 0.0636. The van der Waals surface area contributed by atoms with Crippen LogP contribution in [0.5, 0.6) is 0 Å². The molecule has 1 unspecified atom stereocenters. The first kappa shape index (κ1) is 15.3. The van der Waals surface area contributed by atoms with E-state index >= 15 is 0 Å². The van der Waals surface area contributed by atoms with Crippen LogP contribution in [0.15, 0.2) is 0 Å². The molecule has 2 N–H and O–H groups in total. The number of rotatable bonds is 3. The first-order valence-electron chi connectivity index (χ1n) is 7.03. The Hall–Kier alpha value is -1.14. The van der Waals surface area contributed by atoms with E-state index in [1.54, 1.807) is 0 Å². The number of hydrogen-bond donors (Lipinski definition) is 2. The van der Waals surface area contributed by atoms with Crippen LogP contribution in [0.25, 0.3) is 0 Å². The largest absolute Gasteiger partial charge is 0.444 e. The van der Waals surface area contributed by atoms with E-state index in [4.69, 9.17) is 4.74 Å². The smallest absolute Gasteiger partial charge is 0.413 e. The molecule has 1 fully saturated rings. The summed E-state index contributed by atoms with van der Waals surface area (Å²) in [5, 5.41) is 6.81. The molecular weight excluding hydrogens is 274 g/mol. The van der Waals surface area contributed by atoms with E-state index in [2.05, 4.69) is 15.6 Å². The summed E-state index contributed by atoms with van der Waals surface area (Å²) in [6, 6.07) is 0.545. The molecule has 2 rings (SSSR count). The minimum absolute atomic E-state index is 0.447. The fourth-order valence-electron chi connectivity index (χ4n) is 2.22. The third kappa shape index (κ3) is 4.45. The fraction of sp³-hybridized carbons (Fsp3) is 0.714. The summed E-state index contributed by atoms with van der Waals surface area (Å²) in [7, 11) is 0. The van der Waals surface area contributed by atoms with Crippen LogP contribution in [0.3, 0.4) is 0 Å². The topological polar surface area (TPSA) is 63.2 Å². The number of carbonyl (C=O) groups excluding carboxylic acids is 1. The number of hydrogen-bond acceptors (Lipinski definition) is 5. The van der Waals surface area contributed by atoms with Crippen LogP contribution in [0.1, 0.15) is 44.2 Å². The van der Waals surface area contributed by atoms with Gasteiger partial charge in [0.1, 0.15) is 5.60 Å². The van der Waals surface area contributed by atoms with Crippen molar-refractivity contribution >= 4 is 22.6 Å². The number of ether oxygens (including phenoxy) is 1. The van der Waals surface area contributed by atoms with Crippen molar-refractivity contribution in [1.82, 2.24) is 10.3 Å². The highest BCUT2D eigenvalue weighted by atomic mass is 32.1. The van der Waals surface area contributed by atoms with Crippen LogP contribution >= 0.6 is 11.3 Å². The van der Waals surface area contributed by atoms with Crippen LogP contribution in [-0.4, -0.2) is 29.3 Å². The van der Waals surface area contributed by atoms with Gasteiger partial charge in [-0.2, -0.15) is 0 Å². The number of thiazole rings is 1. The molecule has 0 bridgehead atoms. The van der Waals surface area contributed by atoms with Crippen molar-refractivity contribution in [2.45, 2.75) is 58.6 Å². The minimum Gasteiger partial charge on any atom is -0.444 e. The molecule has 0 aromatic carbocycles. The molecule has 1 aromatic heterocycles. The van der Waals surface area contributed by atoms with Gasteiger partial charge in [-0.05, 0) is 53.5 Å². The Morgan fingerprint density at radius 1 is 1.55 bits per heavy atom. The normalized spacial score (nSPS) is 19.1. The van der Waals surface area contributed by atoms with Gasteiger partial charge in [0.2, 0.25) is 0 Å². The number of anilines is 1. The number of carbonyl (C=O) groups is 1. The Morgan fingerprint density at radius 2 is 2.30 bits per heavy atom. The van der Waals surface area contributed by atoms with Crippen molar-refractivity contribution in [3.63, 3.8) is 0 Å². The predicted octanol–water partition coefficient (Wildman–Crippen LogP) is 3.09. The van der Waals surface area contributed by atoms with Gasteiger partial charge in [0.15, 0.2) is 5.13 Å². The molecule has 2 heterocycles. The van der Waals surface area contributed by atoms with Gasteiger partial charge in [-0.25, -0.2) is 9.78 Å². The maximum atomic E-state index is 11.7. The molecule has 0 radical (unpaired) electrons. The van der Waals surface area contributed by atoms with Crippen molar-refractivity contribution in [2.24, 2.45) is 0 Å². The lowest BCUT2D eigenvalue weighted by Crippen LogP contribution is -2.27. The lowest BCUT2D eigenvalue weighted by Gasteiger charge is -2.18. The summed E-state index contributed by atoms with van der Waals surface area (Å²) < 4.78 is 5.23. The second-order valence-corrected chi connectivity index (χ2v) is 7.24. The molecule has 1 atom stereocenters. The molecule has 1 aliphatic rings. The predicted molar refractivity (Wildman–Crippen MR) is 81.4 cm³/mol. The molecule has 1 amide bonds. The third-order valence-electron chi connectivity index (χ3n) is 3.09. The summed E-state index contributed by atoms with van der Waals surface area (Å²) in [5.41, 5.74) is 0.502. The van der Waals surface area contributed by atoms with E-state index in [9.17, 15) is 4.79 Å². The molecule has 20 heavy (non-hydrogen) atoms. The van der Waals surface area contributed by atoms with Gasteiger partial charge in [0, 0.05) is 10.9 Å². The van der Waals surface area contributed by atoms with E-state index in [1.165, 1.54) is 29.1 Å². The first-order valence-corrected chi connectivity index (χ1v) is 7.85. The van der Waals surface area contributed by atoms with Crippen LogP contribution in [0, 0.1) is 6.92 Å². The lowest BCUT2D eigenvalue weighted by atomic mass is 10.1. The molecule has 1 aromatic rings. The minimum atomic E-state index is -0.493. The van der Waals surface area contributed by atoms with Gasteiger partial charge in [-0.1, -0.05) is 0 Å². The molecule has 0 saturated carbocycles. The summed E-state index contributed by atoms with van der Waals surface area (Å²) in [5.74, 6) is 0. The average Bonchev–Trinajstić information content (AvgIpc) is 2.87. The highest BCUT2D eigenvalue weighted by molar-refractivity contribution is 7.15. The monoisotopic (exact) mass is 297 g/mol. The van der Waals surface area contributed by atoms with Crippen molar-refractivity contribution in [3.8, 4) is 0 Å². The van der Waals surface area contributed by atoms with Crippen LogP contribution in [0.4, 0.5) is 9.93 Å². The number of aryl methyl sites for hydroxylation is 1. The van der Waals surface area contributed by atoms with E-state index in [0.29, 0.717) is 11.2 Å². The number of nitrogens with zero attached hydrogens (tertiary/aromatic N) is 1. The van der Waals surface area contributed by atoms with E-state index < -0.39 is 11.7 Å². The van der Waals surface area contributed by atoms with Gasteiger partial charge < -0.3 is 10.1 Å². The molecule has 1 saturated heterocycles. The molecule has 112 valence electrons. The summed E-state index contributed by atoms with van der Waals surface area (Å²) >= 11 is 1.54. The Bertz CT molecular complexity index is 473. The Kier molecular flexibility index (Phi) is 4.65. The number of nitrogens with one attached hydrogen (secondary N) is 2. The van der Waals surface area contributed by atoms with Crippen LogP contribution in [-0.2, 0) is 11.2 Å². The van der Waals surface area contributed by atoms with Crippen molar-refractivity contribution in [1.29, 1.82) is 0 Å². The standard InChI is InChI=1S/C14H23N3O2S/c1-9-11(8-10-6-5-7-15-10)20-12(16-9)17-13(18)19-14(2,3)4/h10,15H,5-8H2,1-4H3,(H,16,17,18). The highest BCUT2D eigenvalue weighted by Crippen LogP contribution is 2.26. The van der Waals surface area contributed by atoms with Gasteiger partial charge in [0.05, 0.1) is 5.69 Å². The zero-order valence-electron chi connectivity index (χ0n) is 12.6. The Balaban J connectivity index is 1.94. The molecule has 0 spiro atoms. The number of amides is 1. The average molecular weight is 297 g/mol. The van der Waals surface area contributed by atoms with Crippen molar-refractivity contribution < 1.29 is 9.53 Å². The van der Waals surface area contributed by atoms with Crippen molar-refractivity contribution in [2.75, 3.05) is 11.9 Å². The number of aromatic nitrogens is 1. The Morgan fingerprint density at radius 3 is 2.90 bits per heavy atom. The molecule has 6 heteroatoms. The molecule has 0 aliphatic carbocycles.